The molecule has 0 unspecified atom stereocenters. The lowest BCUT2D eigenvalue weighted by Crippen LogP contribution is -2.10. The van der Waals surface area contributed by atoms with Crippen LogP contribution in [-0.4, -0.2) is 13.2 Å². The number of ether oxygens (including phenoxy) is 1. The molecule has 2 aromatic rings. The molecule has 0 spiro atoms. The predicted octanol–water partition coefficient (Wildman–Crippen LogP) is 3.30. The predicted molar refractivity (Wildman–Crippen MR) is 72.4 cm³/mol. The highest BCUT2D eigenvalue weighted by atomic mass is 35.5. The zero-order valence-corrected chi connectivity index (χ0v) is 10.2. The van der Waals surface area contributed by atoms with Crippen molar-refractivity contribution in [1.82, 2.24) is 0 Å². The van der Waals surface area contributed by atoms with Gasteiger partial charge in [-0.3, -0.25) is 0 Å². The number of nitrogens with two attached hydrogens (primary N) is 1. The van der Waals surface area contributed by atoms with E-state index < -0.39 is 0 Å². The molecule has 3 heteroatoms. The van der Waals surface area contributed by atoms with Crippen molar-refractivity contribution in [3.8, 4) is 5.75 Å². The van der Waals surface area contributed by atoms with Crippen LogP contribution in [0.2, 0.25) is 0 Å². The Morgan fingerprint density at radius 2 is 1.94 bits per heavy atom. The third-order valence-corrected chi connectivity index (χ3v) is 2.87. The van der Waals surface area contributed by atoms with Gasteiger partial charge in [0.25, 0.3) is 0 Å². The standard InChI is InChI=1S/C14H14ClNO/c15-8-11(9-16)10-17-14-6-5-12-3-1-2-4-13(12)7-14/h1-8H,9-10,16H2. The van der Waals surface area contributed by atoms with Crippen molar-refractivity contribution in [1.29, 1.82) is 0 Å². The zero-order chi connectivity index (χ0) is 12.1. The molecular formula is C14H14ClNO. The van der Waals surface area contributed by atoms with Crippen LogP contribution in [0, 0.1) is 0 Å². The third-order valence-electron chi connectivity index (χ3n) is 2.56. The van der Waals surface area contributed by atoms with Gasteiger partial charge in [0.15, 0.2) is 0 Å². The Hall–Kier alpha value is -1.51. The second-order valence-corrected chi connectivity index (χ2v) is 3.99. The summed E-state index contributed by atoms with van der Waals surface area (Å²) < 4.78 is 5.63. The SMILES string of the molecule is NCC(=CCl)COc1ccc2ccccc2c1. The zero-order valence-electron chi connectivity index (χ0n) is 9.40. The van der Waals surface area contributed by atoms with Crippen LogP contribution >= 0.6 is 11.6 Å². The first-order valence-electron chi connectivity index (χ1n) is 5.43. The molecule has 88 valence electrons. The van der Waals surface area contributed by atoms with E-state index in [1.165, 1.54) is 10.9 Å². The van der Waals surface area contributed by atoms with Crippen molar-refractivity contribution < 1.29 is 4.74 Å². The summed E-state index contributed by atoms with van der Waals surface area (Å²) in [4.78, 5) is 0. The molecule has 2 nitrogen and oxygen atoms in total. The van der Waals surface area contributed by atoms with Gasteiger partial charge in [0.05, 0.1) is 0 Å². The molecule has 0 atom stereocenters. The van der Waals surface area contributed by atoms with Crippen LogP contribution < -0.4 is 10.5 Å². The average molecular weight is 248 g/mol. The van der Waals surface area contributed by atoms with Crippen molar-refractivity contribution in [3.05, 3.63) is 53.6 Å². The summed E-state index contributed by atoms with van der Waals surface area (Å²) in [5.74, 6) is 0.827. The molecule has 0 aliphatic heterocycles. The fourth-order valence-electron chi connectivity index (χ4n) is 1.57. The molecule has 0 bridgehead atoms. The van der Waals surface area contributed by atoms with E-state index in [-0.39, 0.29) is 0 Å². The fraction of sp³-hybridized carbons (Fsp3) is 0.143. The second-order valence-electron chi connectivity index (χ2n) is 3.77. The van der Waals surface area contributed by atoms with Crippen molar-refractivity contribution in [2.24, 2.45) is 5.73 Å². The molecular weight excluding hydrogens is 234 g/mol. The van der Waals surface area contributed by atoms with E-state index in [9.17, 15) is 0 Å². The Labute approximate surface area is 106 Å². The van der Waals surface area contributed by atoms with E-state index in [4.69, 9.17) is 22.1 Å². The minimum Gasteiger partial charge on any atom is -0.489 e. The summed E-state index contributed by atoms with van der Waals surface area (Å²) in [6.45, 7) is 0.843. The van der Waals surface area contributed by atoms with Gasteiger partial charge in [0.2, 0.25) is 0 Å². The molecule has 2 rings (SSSR count). The van der Waals surface area contributed by atoms with E-state index in [1.807, 2.05) is 30.3 Å². The lowest BCUT2D eigenvalue weighted by atomic mass is 10.1. The van der Waals surface area contributed by atoms with Crippen LogP contribution in [-0.2, 0) is 0 Å². The van der Waals surface area contributed by atoms with E-state index in [2.05, 4.69) is 12.1 Å². The van der Waals surface area contributed by atoms with Gasteiger partial charge in [-0.15, -0.1) is 0 Å². The van der Waals surface area contributed by atoms with E-state index in [0.717, 1.165) is 16.7 Å². The highest BCUT2D eigenvalue weighted by Crippen LogP contribution is 2.20. The van der Waals surface area contributed by atoms with Crippen LogP contribution in [0.5, 0.6) is 5.75 Å². The number of benzene rings is 2. The number of hydrogen-bond acceptors (Lipinski definition) is 2. The maximum absolute atomic E-state index is 5.63. The van der Waals surface area contributed by atoms with Crippen molar-refractivity contribution in [2.75, 3.05) is 13.2 Å². The summed E-state index contributed by atoms with van der Waals surface area (Å²) >= 11 is 5.61. The Morgan fingerprint density at radius 3 is 2.65 bits per heavy atom. The molecule has 2 aromatic carbocycles. The molecule has 17 heavy (non-hydrogen) atoms. The molecule has 0 aliphatic carbocycles. The number of fused-ring (bicyclic) bond motifs is 1. The van der Waals surface area contributed by atoms with Gasteiger partial charge in [0.1, 0.15) is 12.4 Å². The first kappa shape index (κ1) is 12.0. The summed E-state index contributed by atoms with van der Waals surface area (Å²) in [6.07, 6.45) is 0. The van der Waals surface area contributed by atoms with Crippen LogP contribution in [0.3, 0.4) is 0 Å². The van der Waals surface area contributed by atoms with Crippen molar-refractivity contribution in [2.45, 2.75) is 0 Å². The van der Waals surface area contributed by atoms with Crippen LogP contribution in [0.15, 0.2) is 53.6 Å². The number of hydrogen-bond donors (Lipinski definition) is 1. The molecule has 0 fully saturated rings. The normalized spacial score (nSPS) is 11.8. The highest BCUT2D eigenvalue weighted by Gasteiger charge is 1.99. The molecule has 0 saturated heterocycles. The topological polar surface area (TPSA) is 35.2 Å². The molecule has 0 amide bonds. The number of rotatable bonds is 4. The van der Waals surface area contributed by atoms with Gasteiger partial charge in [0, 0.05) is 12.1 Å². The molecule has 0 saturated carbocycles. The van der Waals surface area contributed by atoms with E-state index in [0.29, 0.717) is 13.2 Å². The Morgan fingerprint density at radius 1 is 1.18 bits per heavy atom. The fourth-order valence-corrected chi connectivity index (χ4v) is 1.72. The van der Waals surface area contributed by atoms with Gasteiger partial charge < -0.3 is 10.5 Å². The van der Waals surface area contributed by atoms with Gasteiger partial charge in [-0.05, 0) is 28.5 Å². The lowest BCUT2D eigenvalue weighted by molar-refractivity contribution is 0.351. The number of halogens is 1. The Balaban J connectivity index is 2.14. The minimum atomic E-state index is 0.414. The van der Waals surface area contributed by atoms with E-state index in [1.54, 1.807) is 0 Å². The van der Waals surface area contributed by atoms with Gasteiger partial charge in [-0.2, -0.15) is 0 Å². The van der Waals surface area contributed by atoms with Gasteiger partial charge >= 0.3 is 0 Å². The van der Waals surface area contributed by atoms with Crippen LogP contribution in [0.25, 0.3) is 10.8 Å². The monoisotopic (exact) mass is 247 g/mol. The van der Waals surface area contributed by atoms with Crippen molar-refractivity contribution in [3.63, 3.8) is 0 Å². The van der Waals surface area contributed by atoms with Crippen molar-refractivity contribution >= 4 is 22.4 Å². The van der Waals surface area contributed by atoms with Crippen LogP contribution in [0.1, 0.15) is 0 Å². The van der Waals surface area contributed by atoms with Gasteiger partial charge in [-0.25, -0.2) is 0 Å². The van der Waals surface area contributed by atoms with Gasteiger partial charge in [-0.1, -0.05) is 41.9 Å². The van der Waals surface area contributed by atoms with E-state index >= 15 is 0 Å². The average Bonchev–Trinajstić information content (AvgIpc) is 2.40. The third kappa shape index (κ3) is 2.99. The molecule has 0 aromatic heterocycles. The maximum atomic E-state index is 5.63. The highest BCUT2D eigenvalue weighted by molar-refractivity contribution is 6.25. The Bertz CT molecular complexity index is 536. The molecule has 0 heterocycles. The molecule has 2 N–H and O–H groups in total. The Kier molecular flexibility index (Phi) is 4.02. The summed E-state index contributed by atoms with van der Waals surface area (Å²) in [6, 6.07) is 14.2. The molecule has 0 aliphatic rings. The molecule has 0 radical (unpaired) electrons. The summed E-state index contributed by atoms with van der Waals surface area (Å²) in [7, 11) is 0. The van der Waals surface area contributed by atoms with Crippen LogP contribution in [0.4, 0.5) is 0 Å². The minimum absolute atomic E-state index is 0.414. The smallest absolute Gasteiger partial charge is 0.120 e. The quantitative estimate of drug-likeness (QED) is 0.900. The summed E-state index contributed by atoms with van der Waals surface area (Å²) in [5, 5.41) is 2.36. The lowest BCUT2D eigenvalue weighted by Gasteiger charge is -2.08. The second kappa shape index (κ2) is 5.71. The first-order chi connectivity index (χ1) is 8.33. The first-order valence-corrected chi connectivity index (χ1v) is 5.87. The maximum Gasteiger partial charge on any atom is 0.120 e. The largest absolute Gasteiger partial charge is 0.489 e. The summed E-state index contributed by atoms with van der Waals surface area (Å²) in [5.41, 5.74) is 7.85.